The van der Waals surface area contributed by atoms with Crippen LogP contribution in [-0.2, 0) is 9.59 Å². The molecule has 0 spiro atoms. The highest BCUT2D eigenvalue weighted by Crippen LogP contribution is 2.44. The molecule has 1 aliphatic carbocycles. The van der Waals surface area contributed by atoms with E-state index in [-0.39, 0.29) is 23.5 Å². The van der Waals surface area contributed by atoms with Gasteiger partial charge in [0.15, 0.2) is 5.78 Å². The number of ketones is 1. The Bertz CT molecular complexity index is 931. The van der Waals surface area contributed by atoms with Crippen molar-refractivity contribution in [3.8, 4) is 0 Å². The zero-order chi connectivity index (χ0) is 18.3. The number of allylic oxidation sites excluding steroid dienone is 2. The quantitative estimate of drug-likeness (QED) is 0.841. The van der Waals surface area contributed by atoms with Crippen LogP contribution in [0.15, 0.2) is 59.8 Å². The lowest BCUT2D eigenvalue weighted by Crippen LogP contribution is -2.38. The van der Waals surface area contributed by atoms with Crippen molar-refractivity contribution in [3.05, 3.63) is 81.5 Å². The summed E-state index contributed by atoms with van der Waals surface area (Å²) in [6, 6.07) is 15.6. The molecule has 0 saturated heterocycles. The Hall–Kier alpha value is -2.39. The maximum Gasteiger partial charge on any atom is 0.225 e. The second-order valence-electron chi connectivity index (χ2n) is 7.10. The van der Waals surface area contributed by atoms with Gasteiger partial charge in [-0.05, 0) is 42.0 Å². The fraction of sp³-hybridized carbons (Fsp3) is 0.273. The van der Waals surface area contributed by atoms with Crippen LogP contribution in [0.5, 0.6) is 0 Å². The number of hydrogen-bond acceptors (Lipinski definition) is 2. The van der Waals surface area contributed by atoms with E-state index < -0.39 is 0 Å². The third-order valence-electron chi connectivity index (χ3n) is 5.45. The minimum Gasteiger partial charge on any atom is -0.329 e. The molecule has 1 amide bonds. The number of Topliss-reactive ketones (excluding diaryl/α,β-unsaturated/α-hetero) is 1. The number of carbonyl (C=O) groups excluding carboxylic acids is 2. The molecule has 0 fully saturated rings. The van der Waals surface area contributed by atoms with E-state index in [9.17, 15) is 9.59 Å². The van der Waals surface area contributed by atoms with Gasteiger partial charge in [0.1, 0.15) is 0 Å². The van der Waals surface area contributed by atoms with Crippen LogP contribution in [0.3, 0.4) is 0 Å². The highest BCUT2D eigenvalue weighted by Gasteiger charge is 2.38. The zero-order valence-corrected chi connectivity index (χ0v) is 15.3. The fourth-order valence-corrected chi connectivity index (χ4v) is 4.52. The second kappa shape index (κ2) is 6.73. The van der Waals surface area contributed by atoms with Crippen LogP contribution < -0.4 is 5.32 Å². The van der Waals surface area contributed by atoms with E-state index in [0.29, 0.717) is 24.3 Å². The molecule has 1 aliphatic heterocycles. The Morgan fingerprint density at radius 3 is 2.35 bits per heavy atom. The number of hydrogen-bond donors (Lipinski definition) is 1. The molecular formula is C22H20ClNO2. The smallest absolute Gasteiger partial charge is 0.225 e. The predicted molar refractivity (Wildman–Crippen MR) is 102 cm³/mol. The highest BCUT2D eigenvalue weighted by atomic mass is 35.5. The van der Waals surface area contributed by atoms with Crippen molar-refractivity contribution in [1.29, 1.82) is 0 Å². The van der Waals surface area contributed by atoms with Crippen molar-refractivity contribution < 1.29 is 9.59 Å². The summed E-state index contributed by atoms with van der Waals surface area (Å²) in [5.74, 6) is -0.0560. The minimum absolute atomic E-state index is 0.00544. The molecule has 132 valence electrons. The molecule has 26 heavy (non-hydrogen) atoms. The molecule has 2 aromatic rings. The molecule has 2 aromatic carbocycles. The van der Waals surface area contributed by atoms with Crippen molar-refractivity contribution in [1.82, 2.24) is 5.32 Å². The normalized spacial score (nSPS) is 22.8. The van der Waals surface area contributed by atoms with Crippen LogP contribution in [0.25, 0.3) is 0 Å². The molecule has 3 nitrogen and oxygen atoms in total. The molecule has 0 bridgehead atoms. The van der Waals surface area contributed by atoms with E-state index in [4.69, 9.17) is 11.6 Å². The topological polar surface area (TPSA) is 46.2 Å². The number of halogens is 1. The summed E-state index contributed by atoms with van der Waals surface area (Å²) in [6.07, 6.45) is 1.39. The van der Waals surface area contributed by atoms with Crippen molar-refractivity contribution in [3.63, 3.8) is 0 Å². The minimum atomic E-state index is -0.153. The molecule has 2 atom stereocenters. The van der Waals surface area contributed by atoms with Gasteiger partial charge < -0.3 is 5.32 Å². The van der Waals surface area contributed by atoms with Gasteiger partial charge in [-0.3, -0.25) is 9.59 Å². The summed E-state index contributed by atoms with van der Waals surface area (Å²) < 4.78 is 0. The van der Waals surface area contributed by atoms with Gasteiger partial charge in [-0.25, -0.2) is 0 Å². The number of carbonyl (C=O) groups is 2. The molecular weight excluding hydrogens is 346 g/mol. The lowest BCUT2D eigenvalue weighted by Gasteiger charge is -2.35. The van der Waals surface area contributed by atoms with E-state index in [0.717, 1.165) is 28.0 Å². The molecule has 2 unspecified atom stereocenters. The first kappa shape index (κ1) is 17.0. The van der Waals surface area contributed by atoms with E-state index in [1.165, 1.54) is 0 Å². The third kappa shape index (κ3) is 2.97. The van der Waals surface area contributed by atoms with E-state index in [1.54, 1.807) is 0 Å². The zero-order valence-electron chi connectivity index (χ0n) is 14.6. The summed E-state index contributed by atoms with van der Waals surface area (Å²) in [5.41, 5.74) is 4.71. The van der Waals surface area contributed by atoms with E-state index in [2.05, 4.69) is 5.32 Å². The standard InChI is InChI=1S/C22H20ClNO2/c1-13-6-2-3-7-15(13)17-12-21(26)24-19-10-14(11-20(25)22(17)19)16-8-4-5-9-18(16)23/h2-9,14,17H,10-12H2,1H3,(H,24,26). The first-order chi connectivity index (χ1) is 12.5. The van der Waals surface area contributed by atoms with Crippen LogP contribution in [0.4, 0.5) is 0 Å². The third-order valence-corrected chi connectivity index (χ3v) is 5.79. The Morgan fingerprint density at radius 1 is 0.923 bits per heavy atom. The fourth-order valence-electron chi connectivity index (χ4n) is 4.23. The average Bonchev–Trinajstić information content (AvgIpc) is 2.61. The van der Waals surface area contributed by atoms with Gasteiger partial charge in [0, 0.05) is 35.1 Å². The maximum absolute atomic E-state index is 13.1. The largest absolute Gasteiger partial charge is 0.329 e. The SMILES string of the molecule is Cc1ccccc1C1CC(=O)NC2=C1C(=O)CC(c1ccccc1Cl)C2. The number of rotatable bonds is 2. The molecule has 2 aliphatic rings. The monoisotopic (exact) mass is 365 g/mol. The number of nitrogens with one attached hydrogen (secondary N) is 1. The molecule has 0 saturated carbocycles. The average molecular weight is 366 g/mol. The first-order valence-corrected chi connectivity index (χ1v) is 9.28. The Kier molecular flexibility index (Phi) is 4.41. The van der Waals surface area contributed by atoms with Crippen molar-refractivity contribution >= 4 is 23.3 Å². The van der Waals surface area contributed by atoms with Gasteiger partial charge in [0.2, 0.25) is 5.91 Å². The molecule has 1 heterocycles. The Balaban J connectivity index is 1.76. The summed E-state index contributed by atoms with van der Waals surface area (Å²) in [7, 11) is 0. The Morgan fingerprint density at radius 2 is 1.62 bits per heavy atom. The molecule has 0 aromatic heterocycles. The summed E-state index contributed by atoms with van der Waals surface area (Å²) in [6.45, 7) is 2.03. The van der Waals surface area contributed by atoms with Crippen LogP contribution in [0.1, 0.15) is 47.8 Å². The van der Waals surface area contributed by atoms with Crippen LogP contribution in [0, 0.1) is 6.92 Å². The molecule has 0 radical (unpaired) electrons. The second-order valence-corrected chi connectivity index (χ2v) is 7.51. The van der Waals surface area contributed by atoms with Gasteiger partial charge in [0.25, 0.3) is 0 Å². The lowest BCUT2D eigenvalue weighted by atomic mass is 9.73. The van der Waals surface area contributed by atoms with Crippen LogP contribution >= 0.6 is 11.6 Å². The van der Waals surface area contributed by atoms with Gasteiger partial charge >= 0.3 is 0 Å². The summed E-state index contributed by atoms with van der Waals surface area (Å²) in [5, 5.41) is 3.64. The van der Waals surface area contributed by atoms with Gasteiger partial charge in [-0.2, -0.15) is 0 Å². The molecule has 1 N–H and O–H groups in total. The van der Waals surface area contributed by atoms with Crippen molar-refractivity contribution in [2.45, 2.75) is 38.0 Å². The maximum atomic E-state index is 13.1. The first-order valence-electron chi connectivity index (χ1n) is 8.90. The number of aryl methyl sites for hydroxylation is 1. The number of amides is 1. The van der Waals surface area contributed by atoms with Crippen LogP contribution in [0.2, 0.25) is 5.02 Å². The Labute approximate surface area is 158 Å². The molecule has 4 heteroatoms. The predicted octanol–water partition coefficient (Wildman–Crippen LogP) is 4.65. The van der Waals surface area contributed by atoms with Crippen molar-refractivity contribution in [2.75, 3.05) is 0 Å². The summed E-state index contributed by atoms with van der Waals surface area (Å²) in [4.78, 5) is 25.4. The lowest BCUT2D eigenvalue weighted by molar-refractivity contribution is -0.122. The van der Waals surface area contributed by atoms with E-state index >= 15 is 0 Å². The highest BCUT2D eigenvalue weighted by molar-refractivity contribution is 6.31. The van der Waals surface area contributed by atoms with Gasteiger partial charge in [-0.1, -0.05) is 54.1 Å². The van der Waals surface area contributed by atoms with Crippen LogP contribution in [-0.4, -0.2) is 11.7 Å². The van der Waals surface area contributed by atoms with Crippen molar-refractivity contribution in [2.24, 2.45) is 0 Å². The van der Waals surface area contributed by atoms with Gasteiger partial charge in [0.05, 0.1) is 0 Å². The van der Waals surface area contributed by atoms with Gasteiger partial charge in [-0.15, -0.1) is 0 Å². The number of benzene rings is 2. The van der Waals surface area contributed by atoms with E-state index in [1.807, 2.05) is 55.5 Å². The summed E-state index contributed by atoms with van der Waals surface area (Å²) >= 11 is 6.34. The molecule has 4 rings (SSSR count).